The molecule has 0 aromatic heterocycles. The van der Waals surface area contributed by atoms with Gasteiger partial charge in [-0.25, -0.2) is 0 Å². The third kappa shape index (κ3) is 4.88. The van der Waals surface area contributed by atoms with Crippen molar-refractivity contribution in [3.63, 3.8) is 0 Å². The minimum Gasteiger partial charge on any atom is -0.396 e. The molecule has 1 unspecified atom stereocenters. The smallest absolute Gasteiger partial charge is 0.253 e. The molecule has 0 saturated carbocycles. The van der Waals surface area contributed by atoms with Crippen LogP contribution in [0.15, 0.2) is 72.8 Å². The number of carbonyl (C=O) groups excluding carboxylic acids is 3. The molecule has 44 heavy (non-hydrogen) atoms. The normalized spacial score (nSPS) is 29.5. The number of hydrogen-bond donors (Lipinski definition) is 1. The van der Waals surface area contributed by atoms with Gasteiger partial charge in [0.2, 0.25) is 11.8 Å². The summed E-state index contributed by atoms with van der Waals surface area (Å²) in [6.07, 6.45) is 10.3. The highest BCUT2D eigenvalue weighted by Crippen LogP contribution is 2.58. The van der Waals surface area contributed by atoms with E-state index < -0.39 is 29.1 Å². The predicted octanol–water partition coefficient (Wildman–Crippen LogP) is 4.33. The zero-order valence-corrected chi connectivity index (χ0v) is 25.9. The van der Waals surface area contributed by atoms with Gasteiger partial charge in [-0.3, -0.25) is 14.4 Å². The quantitative estimate of drug-likeness (QED) is 0.344. The topological polar surface area (TPSA) is 90.4 Å². The Hall–Kier alpha value is -3.75. The summed E-state index contributed by atoms with van der Waals surface area (Å²) in [6, 6.07) is 15.0. The maximum Gasteiger partial charge on any atom is 0.253 e. The van der Waals surface area contributed by atoms with E-state index in [2.05, 4.69) is 0 Å². The van der Waals surface area contributed by atoms with Crippen LogP contribution in [0.4, 0.5) is 5.69 Å². The van der Waals surface area contributed by atoms with Crippen molar-refractivity contribution in [3.05, 3.63) is 89.5 Å². The average Bonchev–Trinajstić information content (AvgIpc) is 3.31. The summed E-state index contributed by atoms with van der Waals surface area (Å²) in [5.41, 5.74) is 1.55. The number of unbranched alkanes of at least 4 members (excludes halogenated alkanes) is 2. The van der Waals surface area contributed by atoms with Crippen LogP contribution in [-0.2, 0) is 25.7 Å². The highest BCUT2D eigenvalue weighted by atomic mass is 16.5. The first kappa shape index (κ1) is 30.3. The lowest BCUT2D eigenvalue weighted by atomic mass is 9.73. The summed E-state index contributed by atoms with van der Waals surface area (Å²) < 4.78 is 7.11. The number of ether oxygens (including phenoxy) is 1. The number of hydrogen-bond acceptors (Lipinski definition) is 5. The molecule has 232 valence electrons. The maximum atomic E-state index is 14.8. The summed E-state index contributed by atoms with van der Waals surface area (Å²) >= 11 is 0. The Morgan fingerprint density at radius 2 is 1.66 bits per heavy atom. The van der Waals surface area contributed by atoms with Gasteiger partial charge in [-0.1, -0.05) is 73.7 Å². The molecule has 2 fully saturated rings. The molecule has 8 nitrogen and oxygen atoms in total. The third-order valence-electron chi connectivity index (χ3n) is 9.95. The van der Waals surface area contributed by atoms with Crippen LogP contribution >= 0.6 is 0 Å². The van der Waals surface area contributed by atoms with Gasteiger partial charge in [0.1, 0.15) is 11.6 Å². The van der Waals surface area contributed by atoms with Gasteiger partial charge in [-0.15, -0.1) is 0 Å². The summed E-state index contributed by atoms with van der Waals surface area (Å²) in [4.78, 5) is 49.3. The molecule has 6 rings (SSSR count). The van der Waals surface area contributed by atoms with Gasteiger partial charge >= 0.3 is 0 Å². The van der Waals surface area contributed by atoms with Crippen molar-refractivity contribution in [2.45, 2.75) is 70.2 Å². The second-order valence-corrected chi connectivity index (χ2v) is 12.7. The Bertz CT molecular complexity index is 1490. The largest absolute Gasteiger partial charge is 0.396 e. The highest BCUT2D eigenvalue weighted by molar-refractivity contribution is 6.06. The number of aryl methyl sites for hydroxylation is 2. The van der Waals surface area contributed by atoms with Crippen molar-refractivity contribution in [2.24, 2.45) is 11.8 Å². The van der Waals surface area contributed by atoms with Crippen LogP contribution < -0.4 is 4.90 Å². The first-order valence-corrected chi connectivity index (χ1v) is 15.9. The molecule has 2 aromatic carbocycles. The number of rotatable bonds is 9. The van der Waals surface area contributed by atoms with Crippen molar-refractivity contribution >= 4 is 23.4 Å². The number of fused-ring (bicyclic) bond motifs is 2. The van der Waals surface area contributed by atoms with E-state index in [0.717, 1.165) is 28.8 Å². The Labute approximate surface area is 260 Å². The molecule has 0 bridgehead atoms. The minimum atomic E-state index is -1.28. The molecule has 2 aromatic rings. The summed E-state index contributed by atoms with van der Waals surface area (Å²) in [5, 5.41) is 9.37. The third-order valence-corrected chi connectivity index (χ3v) is 9.95. The lowest BCUT2D eigenvalue weighted by Gasteiger charge is -2.38. The number of benzene rings is 2. The van der Waals surface area contributed by atoms with Crippen molar-refractivity contribution in [2.75, 3.05) is 31.1 Å². The van der Waals surface area contributed by atoms with Crippen LogP contribution in [0, 0.1) is 25.7 Å². The molecule has 1 N–H and O–H groups in total. The van der Waals surface area contributed by atoms with Gasteiger partial charge in [0.15, 0.2) is 0 Å². The van der Waals surface area contributed by atoms with E-state index in [1.165, 1.54) is 0 Å². The molecule has 0 aliphatic carbocycles. The fourth-order valence-electron chi connectivity index (χ4n) is 7.79. The zero-order valence-electron chi connectivity index (χ0n) is 25.9. The van der Waals surface area contributed by atoms with Crippen LogP contribution in [0.1, 0.15) is 49.3 Å². The molecule has 4 heterocycles. The zero-order chi connectivity index (χ0) is 31.1. The second kappa shape index (κ2) is 12.0. The number of amides is 3. The molecule has 1 spiro atoms. The summed E-state index contributed by atoms with van der Waals surface area (Å²) in [5.74, 6) is -2.12. The Balaban J connectivity index is 1.44. The van der Waals surface area contributed by atoms with E-state index in [4.69, 9.17) is 4.74 Å². The van der Waals surface area contributed by atoms with Gasteiger partial charge in [0, 0.05) is 38.5 Å². The highest BCUT2D eigenvalue weighted by Gasteiger charge is 2.75. The Morgan fingerprint density at radius 3 is 2.41 bits per heavy atom. The molecule has 5 atom stereocenters. The number of anilines is 1. The number of nitrogens with zero attached hydrogens (tertiary/aromatic N) is 3. The summed E-state index contributed by atoms with van der Waals surface area (Å²) in [6.45, 7) is 7.61. The van der Waals surface area contributed by atoms with Crippen LogP contribution in [0.5, 0.6) is 0 Å². The minimum absolute atomic E-state index is 0.0777. The second-order valence-electron chi connectivity index (χ2n) is 12.7. The van der Waals surface area contributed by atoms with Gasteiger partial charge in [0.25, 0.3) is 5.91 Å². The van der Waals surface area contributed by atoms with E-state index in [1.54, 1.807) is 9.80 Å². The molecular weight excluding hydrogens is 554 g/mol. The SMILES string of the molecule is CC[C@]12C=CCN(Cc3ccccc3)C(=O)[C@H]1[C@H]1C(=O)N(CCCCCO)C3C(=O)N(c4cc(C)ccc4C)CC=C[C@@]31O2. The Morgan fingerprint density at radius 1 is 0.886 bits per heavy atom. The van der Waals surface area contributed by atoms with Crippen molar-refractivity contribution < 1.29 is 24.2 Å². The van der Waals surface area contributed by atoms with E-state index >= 15 is 0 Å². The maximum absolute atomic E-state index is 14.8. The van der Waals surface area contributed by atoms with Gasteiger partial charge in [-0.2, -0.15) is 0 Å². The fraction of sp³-hybridized carbons (Fsp3) is 0.472. The van der Waals surface area contributed by atoms with E-state index in [1.807, 2.05) is 98.5 Å². The first-order valence-electron chi connectivity index (χ1n) is 15.9. The molecular formula is C36H43N3O5. The van der Waals surface area contributed by atoms with Crippen molar-refractivity contribution in [3.8, 4) is 0 Å². The van der Waals surface area contributed by atoms with E-state index in [9.17, 15) is 19.5 Å². The van der Waals surface area contributed by atoms with Crippen LogP contribution in [-0.4, -0.2) is 76.1 Å². The fourth-order valence-corrected chi connectivity index (χ4v) is 7.79. The first-order chi connectivity index (χ1) is 21.3. The number of aliphatic hydroxyl groups excluding tert-OH is 1. The lowest BCUT2D eigenvalue weighted by molar-refractivity contribution is -0.150. The predicted molar refractivity (Wildman–Crippen MR) is 169 cm³/mol. The molecule has 4 aliphatic heterocycles. The van der Waals surface area contributed by atoms with E-state index in [-0.39, 0.29) is 24.3 Å². The monoisotopic (exact) mass is 597 g/mol. The van der Waals surface area contributed by atoms with Crippen molar-refractivity contribution in [1.82, 2.24) is 9.80 Å². The number of carbonyl (C=O) groups is 3. The average molecular weight is 598 g/mol. The van der Waals surface area contributed by atoms with Gasteiger partial charge in [0.05, 0.1) is 17.4 Å². The molecule has 8 heteroatoms. The standard InChI is InChI=1S/C36H43N3O5/c1-4-35-17-11-19-37(24-27-13-7-5-8-14-27)32(41)29(35)30-33(42)39(20-9-6-10-22-40)31-34(43)38(21-12-18-36(30,31)44-35)28-23-25(2)15-16-26(28)3/h5,7-8,11-18,23,29-31,40H,4,6,9-10,19-22,24H2,1-3H3/t29-,30+,31?,35+,36+/m1/s1. The number of likely N-dealkylation sites (tertiary alicyclic amines) is 1. The summed E-state index contributed by atoms with van der Waals surface area (Å²) in [7, 11) is 0. The molecule has 3 amide bonds. The number of aliphatic hydroxyl groups is 1. The van der Waals surface area contributed by atoms with Crippen molar-refractivity contribution in [1.29, 1.82) is 0 Å². The molecule has 2 saturated heterocycles. The van der Waals surface area contributed by atoms with Gasteiger partial charge < -0.3 is 24.5 Å². The van der Waals surface area contributed by atoms with Crippen LogP contribution in [0.25, 0.3) is 0 Å². The van der Waals surface area contributed by atoms with Crippen LogP contribution in [0.3, 0.4) is 0 Å². The lowest BCUT2D eigenvalue weighted by Crippen LogP contribution is -2.56. The van der Waals surface area contributed by atoms with Gasteiger partial charge in [-0.05, 0) is 62.3 Å². The molecule has 0 radical (unpaired) electrons. The van der Waals surface area contributed by atoms with Crippen LogP contribution in [0.2, 0.25) is 0 Å². The molecule has 4 aliphatic rings. The van der Waals surface area contributed by atoms with E-state index in [0.29, 0.717) is 45.4 Å². The Kier molecular flexibility index (Phi) is 8.24.